The van der Waals surface area contributed by atoms with E-state index in [1.54, 1.807) is 0 Å². The van der Waals surface area contributed by atoms with Crippen molar-refractivity contribution >= 4 is 25.0 Å². The lowest BCUT2D eigenvalue weighted by molar-refractivity contribution is -0.305. The van der Waals surface area contributed by atoms with Gasteiger partial charge in [0.15, 0.2) is 5.79 Å². The van der Waals surface area contributed by atoms with Crippen LogP contribution >= 0.6 is 0 Å². The Hall–Kier alpha value is -3.36. The van der Waals surface area contributed by atoms with Crippen molar-refractivity contribution in [2.24, 2.45) is 11.8 Å². The average Bonchev–Trinajstić information content (AvgIpc) is 3.43. The van der Waals surface area contributed by atoms with Crippen molar-refractivity contribution in [2.75, 3.05) is 20.3 Å². The SMILES string of the molecule is CCCCC/C(=C/[C@H](O)[C@H]1C(=O)CC2(OCC(c3ccccc3)(c3ccccc3)CO2)[C@@H]1CCCCCCC(=O)OC)[Si](C)(C)c1ccccc1. The van der Waals surface area contributed by atoms with Gasteiger partial charge >= 0.3 is 5.97 Å². The number of carbonyl (C=O) groups is 2. The number of hydrogen-bond donors (Lipinski definition) is 1. The second-order valence-electron chi connectivity index (χ2n) is 15.1. The molecular formula is C44H58O6Si. The molecule has 0 aromatic heterocycles. The molecule has 0 unspecified atom stereocenters. The number of aliphatic hydroxyl groups is 1. The summed E-state index contributed by atoms with van der Waals surface area (Å²) in [6.07, 6.45) is 9.97. The Morgan fingerprint density at radius 1 is 0.843 bits per heavy atom. The first-order chi connectivity index (χ1) is 24.7. The number of methoxy groups -OCH3 is 1. The highest BCUT2D eigenvalue weighted by atomic mass is 28.3. The summed E-state index contributed by atoms with van der Waals surface area (Å²) < 4.78 is 18.7. The van der Waals surface area contributed by atoms with Gasteiger partial charge in [-0.15, -0.1) is 0 Å². The molecule has 1 aliphatic heterocycles. The zero-order valence-corrected chi connectivity index (χ0v) is 32.2. The number of Topliss-reactive ketones (excluding diaryl/α,β-unsaturated/α-hetero) is 1. The Bertz CT molecular complexity index is 1520. The molecule has 3 atom stereocenters. The largest absolute Gasteiger partial charge is 0.469 e. The summed E-state index contributed by atoms with van der Waals surface area (Å²) in [6.45, 7) is 7.67. The Morgan fingerprint density at radius 2 is 1.39 bits per heavy atom. The first-order valence-corrected chi connectivity index (χ1v) is 22.1. The van der Waals surface area contributed by atoms with Crippen molar-refractivity contribution in [1.82, 2.24) is 0 Å². The summed E-state index contributed by atoms with van der Waals surface area (Å²) in [5.74, 6) is -2.22. The monoisotopic (exact) mass is 710 g/mol. The van der Waals surface area contributed by atoms with E-state index in [2.05, 4.69) is 80.7 Å². The molecule has 1 heterocycles. The quantitative estimate of drug-likeness (QED) is 0.0861. The van der Waals surface area contributed by atoms with Gasteiger partial charge in [0.1, 0.15) is 13.9 Å². The predicted octanol–water partition coefficient (Wildman–Crippen LogP) is 8.46. The van der Waals surface area contributed by atoms with Gasteiger partial charge in [0.2, 0.25) is 0 Å². The molecule has 5 rings (SSSR count). The number of aliphatic hydroxyl groups excluding tert-OH is 1. The first kappa shape index (κ1) is 38.9. The van der Waals surface area contributed by atoms with E-state index in [-0.39, 0.29) is 24.1 Å². The first-order valence-electron chi connectivity index (χ1n) is 19.1. The van der Waals surface area contributed by atoms with Gasteiger partial charge in [0.25, 0.3) is 0 Å². The number of ether oxygens (including phenoxy) is 3. The van der Waals surface area contributed by atoms with Crippen LogP contribution in [-0.2, 0) is 29.2 Å². The number of hydrogen-bond acceptors (Lipinski definition) is 6. The molecule has 1 saturated carbocycles. The number of unbranched alkanes of at least 4 members (excludes halogenated alkanes) is 5. The third-order valence-electron chi connectivity index (χ3n) is 11.5. The molecular weight excluding hydrogens is 653 g/mol. The van der Waals surface area contributed by atoms with Gasteiger partial charge in [0, 0.05) is 12.3 Å². The molecule has 1 spiro atoms. The fourth-order valence-corrected chi connectivity index (χ4v) is 11.1. The number of rotatable bonds is 17. The van der Waals surface area contributed by atoms with Crippen LogP contribution in [-0.4, -0.2) is 57.1 Å². The summed E-state index contributed by atoms with van der Waals surface area (Å²) in [6, 6.07) is 31.4. The van der Waals surface area contributed by atoms with E-state index in [9.17, 15) is 14.7 Å². The molecule has 2 aliphatic rings. The summed E-state index contributed by atoms with van der Waals surface area (Å²) >= 11 is 0. The maximum atomic E-state index is 14.2. The highest BCUT2D eigenvalue weighted by Crippen LogP contribution is 2.51. The molecule has 0 amide bonds. The van der Waals surface area contributed by atoms with Crippen molar-refractivity contribution in [2.45, 2.75) is 108 Å². The average molecular weight is 711 g/mol. The highest BCUT2D eigenvalue weighted by Gasteiger charge is 2.60. The summed E-state index contributed by atoms with van der Waals surface area (Å²) in [5, 5.41) is 14.8. The van der Waals surface area contributed by atoms with E-state index < -0.39 is 31.3 Å². The fourth-order valence-electron chi connectivity index (χ4n) is 8.33. The van der Waals surface area contributed by atoms with Gasteiger partial charge in [-0.05, 0) is 36.8 Å². The number of ketones is 1. The Labute approximate surface area is 306 Å². The van der Waals surface area contributed by atoms with Crippen molar-refractivity contribution < 1.29 is 28.9 Å². The molecule has 274 valence electrons. The van der Waals surface area contributed by atoms with Crippen molar-refractivity contribution in [3.05, 3.63) is 113 Å². The zero-order valence-electron chi connectivity index (χ0n) is 31.2. The van der Waals surface area contributed by atoms with Crippen molar-refractivity contribution in [3.8, 4) is 0 Å². The van der Waals surface area contributed by atoms with Crippen LogP contribution in [0.5, 0.6) is 0 Å². The topological polar surface area (TPSA) is 82.1 Å². The van der Waals surface area contributed by atoms with Crippen molar-refractivity contribution in [3.63, 3.8) is 0 Å². The summed E-state index contributed by atoms with van der Waals surface area (Å²) in [7, 11) is -0.700. The zero-order chi connectivity index (χ0) is 36.3. The van der Waals surface area contributed by atoms with Gasteiger partial charge in [-0.25, -0.2) is 0 Å². The molecule has 51 heavy (non-hydrogen) atoms. The third-order valence-corrected chi connectivity index (χ3v) is 15.3. The lowest BCUT2D eigenvalue weighted by Gasteiger charge is -2.48. The smallest absolute Gasteiger partial charge is 0.305 e. The molecule has 1 N–H and O–H groups in total. The van der Waals surface area contributed by atoms with Crippen LogP contribution in [0.15, 0.2) is 102 Å². The fraction of sp³-hybridized carbons (Fsp3) is 0.500. The summed E-state index contributed by atoms with van der Waals surface area (Å²) in [5.41, 5.74) is 1.70. The number of esters is 1. The number of carbonyl (C=O) groups excluding carboxylic acids is 2. The van der Waals surface area contributed by atoms with Crippen LogP contribution in [0.25, 0.3) is 0 Å². The van der Waals surface area contributed by atoms with Crippen LogP contribution in [0, 0.1) is 11.8 Å². The standard InChI is InChI=1S/C44H58O6Si/c1-5-6-12-27-37(51(3,4)36-25-17-11-18-26-36)30-39(45)42-38(28-19-7-8-20-29-41(47)48-2)44(31-40(42)46)49-32-43(33-50-44,34-21-13-9-14-22-34)35-23-15-10-16-24-35/h9-11,13-18,21-26,30,38-39,42,45H,5-8,12,19-20,27-29,31-33H2,1-4H3/b37-30-/t38-,39+,42+/m1/s1. The van der Waals surface area contributed by atoms with Crippen LogP contribution in [0.1, 0.15) is 88.7 Å². The second-order valence-corrected chi connectivity index (χ2v) is 19.6. The van der Waals surface area contributed by atoms with E-state index in [1.807, 2.05) is 36.4 Å². The van der Waals surface area contributed by atoms with Crippen LogP contribution in [0.2, 0.25) is 13.1 Å². The molecule has 1 saturated heterocycles. The minimum Gasteiger partial charge on any atom is -0.469 e. The maximum absolute atomic E-state index is 14.2. The molecule has 0 bridgehead atoms. The molecule has 3 aromatic carbocycles. The van der Waals surface area contributed by atoms with Gasteiger partial charge < -0.3 is 19.3 Å². The van der Waals surface area contributed by atoms with Crippen molar-refractivity contribution in [1.29, 1.82) is 0 Å². The molecule has 1 aliphatic carbocycles. The van der Waals surface area contributed by atoms with E-state index in [4.69, 9.17) is 14.2 Å². The highest BCUT2D eigenvalue weighted by molar-refractivity contribution is 6.95. The van der Waals surface area contributed by atoms with Gasteiger partial charge in [-0.3, -0.25) is 9.59 Å². The molecule has 2 fully saturated rings. The van der Waals surface area contributed by atoms with Crippen LogP contribution < -0.4 is 5.19 Å². The minimum atomic E-state index is -2.12. The summed E-state index contributed by atoms with van der Waals surface area (Å²) in [4.78, 5) is 25.9. The second kappa shape index (κ2) is 17.9. The molecule has 0 radical (unpaired) electrons. The Balaban J connectivity index is 1.45. The van der Waals surface area contributed by atoms with E-state index in [1.165, 1.54) is 17.5 Å². The van der Waals surface area contributed by atoms with E-state index >= 15 is 0 Å². The lowest BCUT2D eigenvalue weighted by atomic mass is 9.74. The Kier molecular flexibility index (Phi) is 13.6. The van der Waals surface area contributed by atoms with Gasteiger partial charge in [0.05, 0.1) is 44.2 Å². The van der Waals surface area contributed by atoms with Crippen LogP contribution in [0.3, 0.4) is 0 Å². The maximum Gasteiger partial charge on any atom is 0.305 e. The van der Waals surface area contributed by atoms with E-state index in [0.29, 0.717) is 26.1 Å². The predicted molar refractivity (Wildman–Crippen MR) is 206 cm³/mol. The third kappa shape index (κ3) is 9.00. The number of benzene rings is 3. The Morgan fingerprint density at radius 3 is 1.96 bits per heavy atom. The van der Waals surface area contributed by atoms with Gasteiger partial charge in [-0.2, -0.15) is 0 Å². The number of allylic oxidation sites excluding steroid dienone is 1. The van der Waals surface area contributed by atoms with E-state index in [0.717, 1.165) is 62.5 Å². The van der Waals surface area contributed by atoms with Crippen LogP contribution in [0.4, 0.5) is 0 Å². The lowest BCUT2D eigenvalue weighted by Crippen LogP contribution is -2.55. The normalized spacial score (nSPS) is 20.7. The molecule has 7 heteroatoms. The molecule has 6 nitrogen and oxygen atoms in total. The molecule has 3 aromatic rings. The minimum absolute atomic E-state index is 0.00783. The van der Waals surface area contributed by atoms with Gasteiger partial charge in [-0.1, -0.05) is 160 Å².